The van der Waals surface area contributed by atoms with Crippen LogP contribution < -0.4 is 0 Å². The van der Waals surface area contributed by atoms with E-state index in [1.165, 1.54) is 44.9 Å². The lowest BCUT2D eigenvalue weighted by atomic mass is 9.42. The molecule has 0 aromatic carbocycles. The van der Waals surface area contributed by atoms with Crippen molar-refractivity contribution in [3.8, 4) is 0 Å². The molecule has 1 heterocycles. The third-order valence-corrected chi connectivity index (χ3v) is 13.4. The number of aliphatic hydroxyl groups is 2. The quantitative estimate of drug-likeness (QED) is 0.473. The number of methoxy groups -OCH3 is 1. The number of aliphatic hydroxyl groups excluding tert-OH is 2. The minimum absolute atomic E-state index is 0.0126. The van der Waals surface area contributed by atoms with Crippen molar-refractivity contribution < 1.29 is 19.7 Å². The fraction of sp³-hybridized carbons (Fsp3) is 1.00. The molecule has 4 aliphatic carbocycles. The summed E-state index contributed by atoms with van der Waals surface area (Å²) in [4.78, 5) is 0. The highest BCUT2D eigenvalue weighted by Gasteiger charge is 2.69. The SMILES string of the molecule is COC(C)(C)C1CC[C@](C)(C2C(O)C[C@@]3(C)[C@@H]4CCC5C(C)(C)C(O)CC[C@@]5(CCC[C@]23C)C4)O1. The molecular weight excluding hydrogens is 436 g/mol. The second kappa shape index (κ2) is 8.17. The predicted octanol–water partition coefficient (Wildman–Crippen LogP) is 6.51. The molecule has 5 aliphatic rings. The highest BCUT2D eigenvalue weighted by molar-refractivity contribution is 5.18. The lowest BCUT2D eigenvalue weighted by molar-refractivity contribution is -0.192. The highest BCUT2D eigenvalue weighted by atomic mass is 16.6. The molecule has 4 saturated carbocycles. The van der Waals surface area contributed by atoms with Gasteiger partial charge in [0.05, 0.1) is 29.5 Å². The van der Waals surface area contributed by atoms with E-state index in [4.69, 9.17) is 9.47 Å². The maximum absolute atomic E-state index is 11.8. The molecular formula is C31H54O4. The highest BCUT2D eigenvalue weighted by Crippen LogP contribution is 2.73. The van der Waals surface area contributed by atoms with E-state index in [-0.39, 0.29) is 51.7 Å². The van der Waals surface area contributed by atoms with E-state index in [1.54, 1.807) is 7.11 Å². The standard InChI is InChI=1S/C31H54O4/c1-26(2)22-11-10-20-18-31(22,17-12-23(26)33)15-9-14-28(5)25(21(32)19-29(20,28)6)30(7)16-13-24(35-30)27(3,4)34-8/h20-25,32-33H,9-19H2,1-8H3/t20-,21?,22?,23?,24?,25?,28-,29+,30-,31+/m1/s1. The zero-order valence-electron chi connectivity index (χ0n) is 24.0. The maximum Gasteiger partial charge on any atom is 0.0883 e. The van der Waals surface area contributed by atoms with Crippen molar-refractivity contribution in [1.82, 2.24) is 0 Å². The molecule has 0 aromatic heterocycles. The molecule has 10 atom stereocenters. The van der Waals surface area contributed by atoms with Gasteiger partial charge >= 0.3 is 0 Å². The third kappa shape index (κ3) is 3.58. The Balaban J connectivity index is 1.47. The van der Waals surface area contributed by atoms with E-state index >= 15 is 0 Å². The van der Waals surface area contributed by atoms with Crippen LogP contribution in [-0.4, -0.2) is 46.8 Å². The van der Waals surface area contributed by atoms with Crippen LogP contribution in [0.1, 0.15) is 119 Å². The second-order valence-electron chi connectivity index (χ2n) is 15.5. The van der Waals surface area contributed by atoms with Crippen LogP contribution in [0, 0.1) is 39.4 Å². The normalized spacial score (nSPS) is 54.0. The van der Waals surface area contributed by atoms with Gasteiger partial charge < -0.3 is 19.7 Å². The summed E-state index contributed by atoms with van der Waals surface area (Å²) < 4.78 is 12.7. The summed E-state index contributed by atoms with van der Waals surface area (Å²) in [5.74, 6) is 1.43. The summed E-state index contributed by atoms with van der Waals surface area (Å²) in [7, 11) is 1.79. The van der Waals surface area contributed by atoms with Gasteiger partial charge in [0.2, 0.25) is 0 Å². The number of ether oxygens (including phenoxy) is 2. The van der Waals surface area contributed by atoms with E-state index in [9.17, 15) is 10.2 Å². The Morgan fingerprint density at radius 1 is 0.829 bits per heavy atom. The first-order chi connectivity index (χ1) is 16.2. The molecule has 5 rings (SSSR count). The van der Waals surface area contributed by atoms with Gasteiger partial charge in [-0.3, -0.25) is 0 Å². The summed E-state index contributed by atoms with van der Waals surface area (Å²) >= 11 is 0. The Hall–Kier alpha value is -0.160. The minimum atomic E-state index is -0.310. The summed E-state index contributed by atoms with van der Waals surface area (Å²) in [6.07, 6.45) is 12.1. The van der Waals surface area contributed by atoms with Crippen LogP contribution in [0.25, 0.3) is 0 Å². The zero-order valence-corrected chi connectivity index (χ0v) is 24.0. The van der Waals surface area contributed by atoms with Gasteiger partial charge in [0, 0.05) is 13.0 Å². The van der Waals surface area contributed by atoms with Crippen molar-refractivity contribution in [2.75, 3.05) is 7.11 Å². The Kier molecular flexibility index (Phi) is 6.17. The first kappa shape index (κ1) is 26.4. The van der Waals surface area contributed by atoms with Crippen LogP contribution in [0.5, 0.6) is 0 Å². The molecule has 1 saturated heterocycles. The smallest absolute Gasteiger partial charge is 0.0883 e. The molecule has 1 spiro atoms. The van der Waals surface area contributed by atoms with Crippen molar-refractivity contribution in [1.29, 1.82) is 0 Å². The Morgan fingerprint density at radius 3 is 2.23 bits per heavy atom. The average Bonchev–Trinajstić information content (AvgIpc) is 3.27. The Bertz CT molecular complexity index is 823. The zero-order chi connectivity index (χ0) is 25.7. The van der Waals surface area contributed by atoms with Crippen LogP contribution in [-0.2, 0) is 9.47 Å². The summed E-state index contributed by atoms with van der Waals surface area (Å²) in [5, 5.41) is 22.7. The summed E-state index contributed by atoms with van der Waals surface area (Å²) in [6, 6.07) is 0. The Labute approximate surface area is 214 Å². The lowest BCUT2D eigenvalue weighted by Gasteiger charge is -2.64. The van der Waals surface area contributed by atoms with Gasteiger partial charge in [-0.1, -0.05) is 34.1 Å². The van der Waals surface area contributed by atoms with Crippen molar-refractivity contribution in [2.45, 2.75) is 149 Å². The van der Waals surface area contributed by atoms with Gasteiger partial charge in [-0.25, -0.2) is 0 Å². The molecule has 4 nitrogen and oxygen atoms in total. The number of hydrogen-bond acceptors (Lipinski definition) is 4. The molecule has 35 heavy (non-hydrogen) atoms. The van der Waals surface area contributed by atoms with Crippen LogP contribution in [0.3, 0.4) is 0 Å². The molecule has 2 N–H and O–H groups in total. The van der Waals surface area contributed by atoms with Gasteiger partial charge in [-0.05, 0) is 118 Å². The largest absolute Gasteiger partial charge is 0.393 e. The predicted molar refractivity (Wildman–Crippen MR) is 140 cm³/mol. The van der Waals surface area contributed by atoms with Crippen LogP contribution in [0.15, 0.2) is 0 Å². The molecule has 4 heteroatoms. The fourth-order valence-electron chi connectivity index (χ4n) is 11.1. The minimum Gasteiger partial charge on any atom is -0.393 e. The van der Waals surface area contributed by atoms with Crippen LogP contribution in [0.4, 0.5) is 0 Å². The number of hydrogen-bond donors (Lipinski definition) is 2. The van der Waals surface area contributed by atoms with Crippen LogP contribution >= 0.6 is 0 Å². The number of rotatable bonds is 3. The lowest BCUT2D eigenvalue weighted by Crippen LogP contribution is -2.58. The van der Waals surface area contributed by atoms with Crippen molar-refractivity contribution >= 4 is 0 Å². The van der Waals surface area contributed by atoms with E-state index in [2.05, 4.69) is 48.5 Å². The van der Waals surface area contributed by atoms with Crippen molar-refractivity contribution in [3.05, 3.63) is 0 Å². The van der Waals surface area contributed by atoms with Crippen molar-refractivity contribution in [2.24, 2.45) is 39.4 Å². The second-order valence-corrected chi connectivity index (χ2v) is 15.5. The van der Waals surface area contributed by atoms with Gasteiger partial charge in [0.1, 0.15) is 0 Å². The molecule has 0 aromatic rings. The van der Waals surface area contributed by atoms with Gasteiger partial charge in [0.25, 0.3) is 0 Å². The molecule has 0 amide bonds. The maximum atomic E-state index is 11.8. The Morgan fingerprint density at radius 2 is 1.54 bits per heavy atom. The third-order valence-electron chi connectivity index (χ3n) is 13.4. The molecule has 5 fully saturated rings. The van der Waals surface area contributed by atoms with E-state index < -0.39 is 0 Å². The molecule has 0 radical (unpaired) electrons. The topological polar surface area (TPSA) is 58.9 Å². The van der Waals surface area contributed by atoms with Gasteiger partial charge in [0.15, 0.2) is 0 Å². The van der Waals surface area contributed by atoms with E-state index in [0.29, 0.717) is 17.3 Å². The van der Waals surface area contributed by atoms with Crippen LogP contribution in [0.2, 0.25) is 0 Å². The van der Waals surface area contributed by atoms with E-state index in [0.717, 1.165) is 25.7 Å². The summed E-state index contributed by atoms with van der Waals surface area (Å²) in [6.45, 7) is 16.3. The molecule has 2 bridgehead atoms. The van der Waals surface area contributed by atoms with Crippen molar-refractivity contribution in [3.63, 3.8) is 0 Å². The summed E-state index contributed by atoms with van der Waals surface area (Å²) in [5.41, 5.74) is -0.0426. The number of fused-ring (bicyclic) bond motifs is 3. The molecule has 202 valence electrons. The average molecular weight is 491 g/mol. The van der Waals surface area contributed by atoms with Gasteiger partial charge in [-0.15, -0.1) is 0 Å². The van der Waals surface area contributed by atoms with E-state index in [1.807, 2.05) is 0 Å². The molecule has 5 unspecified atom stereocenters. The monoisotopic (exact) mass is 490 g/mol. The first-order valence-corrected chi connectivity index (χ1v) is 14.7. The fourth-order valence-corrected chi connectivity index (χ4v) is 11.1. The molecule has 1 aliphatic heterocycles. The first-order valence-electron chi connectivity index (χ1n) is 14.7. The van der Waals surface area contributed by atoms with Gasteiger partial charge in [-0.2, -0.15) is 0 Å².